The van der Waals surface area contributed by atoms with Gasteiger partial charge in [0.1, 0.15) is 17.1 Å². The van der Waals surface area contributed by atoms with Gasteiger partial charge in [-0.05, 0) is 43.5 Å². The molecule has 0 radical (unpaired) electrons. The van der Waals surface area contributed by atoms with Gasteiger partial charge >= 0.3 is 0 Å². The summed E-state index contributed by atoms with van der Waals surface area (Å²) in [5, 5.41) is 14.8. The van der Waals surface area contributed by atoms with Crippen LogP contribution in [0.5, 0.6) is 0 Å². The molecule has 4 nitrogen and oxygen atoms in total. The number of hydrogen-bond acceptors (Lipinski definition) is 4. The molecule has 2 rings (SSSR count). The highest BCUT2D eigenvalue weighted by molar-refractivity contribution is 7.10. The third-order valence-electron chi connectivity index (χ3n) is 2.82. The van der Waals surface area contributed by atoms with Crippen molar-refractivity contribution in [2.45, 2.75) is 19.4 Å². The molecule has 0 aliphatic heterocycles. The molecule has 2 aromatic rings. The zero-order valence-corrected chi connectivity index (χ0v) is 12.2. The van der Waals surface area contributed by atoms with Crippen LogP contribution in [0.4, 0.5) is 0 Å². The van der Waals surface area contributed by atoms with Crippen molar-refractivity contribution in [3.05, 3.63) is 52.1 Å². The van der Waals surface area contributed by atoms with Crippen LogP contribution in [0.25, 0.3) is 6.08 Å². The molecule has 1 amide bonds. The Hall–Kier alpha value is -1.85. The van der Waals surface area contributed by atoms with Gasteiger partial charge < -0.3 is 14.8 Å². The molecule has 0 saturated carbocycles. The van der Waals surface area contributed by atoms with E-state index in [0.717, 1.165) is 10.6 Å². The molecule has 0 aliphatic rings. The Labute approximate surface area is 121 Å². The van der Waals surface area contributed by atoms with Crippen molar-refractivity contribution in [2.75, 3.05) is 6.54 Å². The van der Waals surface area contributed by atoms with E-state index in [9.17, 15) is 9.90 Å². The third-order valence-corrected chi connectivity index (χ3v) is 3.94. The first-order chi connectivity index (χ1) is 9.47. The van der Waals surface area contributed by atoms with E-state index in [1.54, 1.807) is 19.1 Å². The van der Waals surface area contributed by atoms with Crippen molar-refractivity contribution in [1.29, 1.82) is 0 Å². The number of aryl methyl sites for hydroxylation is 1. The quantitative estimate of drug-likeness (QED) is 0.833. The molecular weight excluding hydrogens is 274 g/mol. The van der Waals surface area contributed by atoms with Crippen LogP contribution >= 0.6 is 11.3 Å². The molecule has 0 saturated heterocycles. The highest BCUT2D eigenvalue weighted by atomic mass is 32.1. The van der Waals surface area contributed by atoms with Crippen LogP contribution in [-0.4, -0.2) is 17.6 Å². The molecule has 2 N–H and O–H groups in total. The van der Waals surface area contributed by atoms with Gasteiger partial charge in [0, 0.05) is 11.0 Å². The van der Waals surface area contributed by atoms with Crippen LogP contribution < -0.4 is 5.32 Å². The average Bonchev–Trinajstić information content (AvgIpc) is 3.05. The first-order valence-corrected chi connectivity index (χ1v) is 7.14. The number of nitrogens with one attached hydrogen (secondary N) is 1. The van der Waals surface area contributed by atoms with Crippen molar-refractivity contribution < 1.29 is 14.3 Å². The molecule has 0 aliphatic carbocycles. The first-order valence-electron chi connectivity index (χ1n) is 6.26. The van der Waals surface area contributed by atoms with Crippen LogP contribution in [-0.2, 0) is 10.4 Å². The van der Waals surface area contributed by atoms with Gasteiger partial charge in [-0.25, -0.2) is 0 Å². The fraction of sp³-hybridized carbons (Fsp3) is 0.267. The fourth-order valence-corrected chi connectivity index (χ4v) is 2.48. The van der Waals surface area contributed by atoms with Crippen LogP contribution in [0.2, 0.25) is 0 Å². The van der Waals surface area contributed by atoms with E-state index >= 15 is 0 Å². The molecule has 0 fully saturated rings. The number of furan rings is 1. The second-order valence-corrected chi connectivity index (χ2v) is 5.70. The number of carbonyl (C=O) groups is 1. The standard InChI is InChI=1S/C15H17NO3S/c1-11-5-6-12(19-11)7-8-14(17)16-10-15(2,18)13-4-3-9-20-13/h3-9,18H,10H2,1-2H3,(H,16,17). The summed E-state index contributed by atoms with van der Waals surface area (Å²) >= 11 is 1.46. The molecule has 0 spiro atoms. The minimum atomic E-state index is -1.06. The van der Waals surface area contributed by atoms with Gasteiger partial charge in [0.05, 0.1) is 6.54 Å². The van der Waals surface area contributed by atoms with Crippen LogP contribution in [0.3, 0.4) is 0 Å². The van der Waals surface area contributed by atoms with Crippen molar-refractivity contribution >= 4 is 23.3 Å². The highest BCUT2D eigenvalue weighted by Gasteiger charge is 2.24. The summed E-state index contributed by atoms with van der Waals surface area (Å²) < 4.78 is 5.32. The van der Waals surface area contributed by atoms with E-state index in [4.69, 9.17) is 4.42 Å². The Morgan fingerprint density at radius 3 is 2.90 bits per heavy atom. The summed E-state index contributed by atoms with van der Waals surface area (Å²) in [7, 11) is 0. The SMILES string of the molecule is Cc1ccc(C=CC(=O)NCC(C)(O)c2cccs2)o1. The number of aliphatic hydroxyl groups is 1. The lowest BCUT2D eigenvalue weighted by molar-refractivity contribution is -0.117. The Kier molecular flexibility index (Phi) is 4.42. The van der Waals surface area contributed by atoms with Crippen molar-refractivity contribution in [2.24, 2.45) is 0 Å². The number of hydrogen-bond donors (Lipinski definition) is 2. The molecule has 2 aromatic heterocycles. The van der Waals surface area contributed by atoms with E-state index in [1.165, 1.54) is 17.4 Å². The van der Waals surface area contributed by atoms with Gasteiger partial charge in [-0.1, -0.05) is 6.07 Å². The molecule has 106 valence electrons. The molecule has 5 heteroatoms. The topological polar surface area (TPSA) is 62.5 Å². The maximum atomic E-state index is 11.7. The molecular formula is C15H17NO3S. The van der Waals surface area contributed by atoms with E-state index in [0.29, 0.717) is 5.76 Å². The van der Waals surface area contributed by atoms with E-state index in [-0.39, 0.29) is 12.5 Å². The Morgan fingerprint density at radius 1 is 1.50 bits per heavy atom. The number of amides is 1. The molecule has 20 heavy (non-hydrogen) atoms. The van der Waals surface area contributed by atoms with Gasteiger partial charge in [0.15, 0.2) is 0 Å². The van der Waals surface area contributed by atoms with Gasteiger partial charge in [-0.15, -0.1) is 11.3 Å². The molecule has 1 unspecified atom stereocenters. The Morgan fingerprint density at radius 2 is 2.30 bits per heavy atom. The van der Waals surface area contributed by atoms with Gasteiger partial charge in [0.25, 0.3) is 0 Å². The van der Waals surface area contributed by atoms with E-state index < -0.39 is 5.60 Å². The molecule has 1 atom stereocenters. The summed E-state index contributed by atoms with van der Waals surface area (Å²) in [6.45, 7) is 3.68. The van der Waals surface area contributed by atoms with E-state index in [2.05, 4.69) is 5.32 Å². The minimum absolute atomic E-state index is 0.161. The summed E-state index contributed by atoms with van der Waals surface area (Å²) in [6.07, 6.45) is 2.99. The smallest absolute Gasteiger partial charge is 0.244 e. The van der Waals surface area contributed by atoms with Gasteiger partial charge in [0.2, 0.25) is 5.91 Å². The van der Waals surface area contributed by atoms with Crippen LogP contribution in [0.15, 0.2) is 40.1 Å². The van der Waals surface area contributed by atoms with Crippen molar-refractivity contribution in [3.63, 3.8) is 0 Å². The summed E-state index contributed by atoms with van der Waals surface area (Å²) in [4.78, 5) is 12.5. The zero-order valence-electron chi connectivity index (χ0n) is 11.4. The molecule has 0 bridgehead atoms. The summed E-state index contributed by atoms with van der Waals surface area (Å²) in [5.74, 6) is 1.16. The third kappa shape index (κ3) is 3.82. The maximum absolute atomic E-state index is 11.7. The monoisotopic (exact) mass is 291 g/mol. The lowest BCUT2D eigenvalue weighted by Crippen LogP contribution is -2.37. The molecule has 2 heterocycles. The first kappa shape index (κ1) is 14.6. The predicted molar refractivity (Wildman–Crippen MR) is 79.4 cm³/mol. The molecule has 0 aromatic carbocycles. The van der Waals surface area contributed by atoms with Gasteiger partial charge in [-0.2, -0.15) is 0 Å². The number of carbonyl (C=O) groups excluding carboxylic acids is 1. The predicted octanol–water partition coefficient (Wildman–Crippen LogP) is 2.69. The second-order valence-electron chi connectivity index (χ2n) is 4.75. The van der Waals surface area contributed by atoms with Crippen molar-refractivity contribution in [1.82, 2.24) is 5.32 Å². The van der Waals surface area contributed by atoms with E-state index in [1.807, 2.05) is 30.5 Å². The normalized spacial score (nSPS) is 14.3. The second kappa shape index (κ2) is 6.07. The number of thiophene rings is 1. The Balaban J connectivity index is 1.88. The Bertz CT molecular complexity index is 596. The van der Waals surface area contributed by atoms with Gasteiger partial charge in [-0.3, -0.25) is 4.79 Å². The highest BCUT2D eigenvalue weighted by Crippen LogP contribution is 2.24. The maximum Gasteiger partial charge on any atom is 0.244 e. The average molecular weight is 291 g/mol. The fourth-order valence-electron chi connectivity index (χ4n) is 1.69. The largest absolute Gasteiger partial charge is 0.462 e. The summed E-state index contributed by atoms with van der Waals surface area (Å²) in [5.41, 5.74) is -1.06. The minimum Gasteiger partial charge on any atom is -0.462 e. The number of rotatable bonds is 5. The van der Waals surface area contributed by atoms with Crippen LogP contribution in [0.1, 0.15) is 23.3 Å². The lowest BCUT2D eigenvalue weighted by Gasteiger charge is -2.21. The van der Waals surface area contributed by atoms with Crippen LogP contribution in [0, 0.1) is 6.92 Å². The lowest BCUT2D eigenvalue weighted by atomic mass is 10.1. The summed E-state index contributed by atoms with van der Waals surface area (Å²) in [6, 6.07) is 7.34. The zero-order chi connectivity index (χ0) is 14.6. The van der Waals surface area contributed by atoms with Crippen molar-refractivity contribution in [3.8, 4) is 0 Å².